The number of ether oxygens (including phenoxy) is 2. The van der Waals surface area contributed by atoms with Crippen LogP contribution < -0.4 is 10.3 Å². The van der Waals surface area contributed by atoms with Crippen molar-refractivity contribution in [2.75, 3.05) is 20.3 Å². The van der Waals surface area contributed by atoms with Gasteiger partial charge in [0.1, 0.15) is 11.3 Å². The number of nitrogens with one attached hydrogen (secondary N) is 1. The lowest BCUT2D eigenvalue weighted by molar-refractivity contribution is -0.133. The Morgan fingerprint density at radius 2 is 1.88 bits per heavy atom. The lowest BCUT2D eigenvalue weighted by atomic mass is 10.2. The van der Waals surface area contributed by atoms with Crippen LogP contribution in [-0.2, 0) is 16.1 Å². The molecule has 0 spiro atoms. The predicted molar refractivity (Wildman–Crippen MR) is 91.4 cm³/mol. The van der Waals surface area contributed by atoms with Crippen molar-refractivity contribution < 1.29 is 19.1 Å². The first-order chi connectivity index (χ1) is 12.0. The Morgan fingerprint density at radius 1 is 1.16 bits per heavy atom. The number of aromatic amines is 1. The smallest absolute Gasteiger partial charge is 0.344 e. The Hall–Kier alpha value is -3.09. The van der Waals surface area contributed by atoms with Gasteiger partial charge in [-0.3, -0.25) is 9.59 Å². The SMILES string of the molecule is CCOc1ccc(CN(C)C(=O)COC(=O)c2ccc[nH]c2=O)cc1. The summed E-state index contributed by atoms with van der Waals surface area (Å²) in [6.45, 7) is 2.44. The number of H-pyrrole nitrogens is 1. The van der Waals surface area contributed by atoms with Crippen LogP contribution in [-0.4, -0.2) is 42.0 Å². The summed E-state index contributed by atoms with van der Waals surface area (Å²) in [5.74, 6) is -0.429. The van der Waals surface area contributed by atoms with Crippen molar-refractivity contribution >= 4 is 11.9 Å². The van der Waals surface area contributed by atoms with Crippen LogP contribution in [0, 0.1) is 0 Å². The number of hydrogen-bond acceptors (Lipinski definition) is 5. The van der Waals surface area contributed by atoms with Gasteiger partial charge >= 0.3 is 5.97 Å². The maximum absolute atomic E-state index is 12.1. The van der Waals surface area contributed by atoms with E-state index < -0.39 is 18.1 Å². The third-order valence-corrected chi connectivity index (χ3v) is 3.44. The summed E-state index contributed by atoms with van der Waals surface area (Å²) in [6.07, 6.45) is 1.41. The number of carbonyl (C=O) groups is 2. The molecule has 1 heterocycles. The van der Waals surface area contributed by atoms with Gasteiger partial charge in [-0.1, -0.05) is 12.1 Å². The first-order valence-electron chi connectivity index (χ1n) is 7.81. The van der Waals surface area contributed by atoms with E-state index in [1.54, 1.807) is 7.05 Å². The molecule has 0 radical (unpaired) electrons. The fourth-order valence-electron chi connectivity index (χ4n) is 2.12. The summed E-state index contributed by atoms with van der Waals surface area (Å²) in [7, 11) is 1.61. The molecule has 1 aromatic carbocycles. The van der Waals surface area contributed by atoms with Crippen molar-refractivity contribution in [2.45, 2.75) is 13.5 Å². The molecule has 0 aliphatic heterocycles. The molecule has 0 unspecified atom stereocenters. The molecule has 1 aromatic heterocycles. The highest BCUT2D eigenvalue weighted by molar-refractivity contribution is 5.90. The van der Waals surface area contributed by atoms with Crippen LogP contribution in [0.4, 0.5) is 0 Å². The second-order valence-electron chi connectivity index (χ2n) is 5.32. The Morgan fingerprint density at radius 3 is 2.52 bits per heavy atom. The average molecular weight is 344 g/mol. The van der Waals surface area contributed by atoms with E-state index >= 15 is 0 Å². The molecule has 0 saturated carbocycles. The molecule has 1 amide bonds. The molecule has 0 atom stereocenters. The van der Waals surface area contributed by atoms with Crippen LogP contribution in [0.5, 0.6) is 5.75 Å². The quantitative estimate of drug-likeness (QED) is 0.771. The van der Waals surface area contributed by atoms with Crippen molar-refractivity contribution in [3.05, 3.63) is 64.1 Å². The summed E-state index contributed by atoms with van der Waals surface area (Å²) >= 11 is 0. The average Bonchev–Trinajstić information content (AvgIpc) is 2.61. The molecule has 25 heavy (non-hydrogen) atoms. The number of likely N-dealkylation sites (N-methyl/N-ethyl adjacent to an activating group) is 1. The predicted octanol–water partition coefficient (Wildman–Crippen LogP) is 1.59. The zero-order chi connectivity index (χ0) is 18.2. The van der Waals surface area contributed by atoms with Crippen molar-refractivity contribution in [1.82, 2.24) is 9.88 Å². The van der Waals surface area contributed by atoms with E-state index in [9.17, 15) is 14.4 Å². The molecule has 2 aromatic rings. The van der Waals surface area contributed by atoms with E-state index in [-0.39, 0.29) is 11.5 Å². The first kappa shape index (κ1) is 18.3. The molecular formula is C18H20N2O5. The van der Waals surface area contributed by atoms with Crippen LogP contribution in [0.3, 0.4) is 0 Å². The van der Waals surface area contributed by atoms with Crippen molar-refractivity contribution in [3.8, 4) is 5.75 Å². The van der Waals surface area contributed by atoms with Crippen LogP contribution >= 0.6 is 0 Å². The summed E-state index contributed by atoms with van der Waals surface area (Å²) < 4.78 is 10.3. The fourth-order valence-corrected chi connectivity index (χ4v) is 2.12. The molecule has 0 saturated heterocycles. The maximum atomic E-state index is 12.1. The second kappa shape index (κ2) is 8.68. The number of nitrogens with zero attached hydrogens (tertiary/aromatic N) is 1. The molecule has 132 valence electrons. The number of hydrogen-bond donors (Lipinski definition) is 1. The standard InChI is InChI=1S/C18H20N2O5/c1-3-24-14-8-6-13(7-9-14)11-20(2)16(21)12-25-18(23)15-5-4-10-19-17(15)22/h4-10H,3,11-12H2,1-2H3,(H,19,22). The largest absolute Gasteiger partial charge is 0.494 e. The summed E-state index contributed by atoms with van der Waals surface area (Å²) in [6, 6.07) is 10.2. The lowest BCUT2D eigenvalue weighted by Gasteiger charge is -2.17. The van der Waals surface area contributed by atoms with E-state index in [1.807, 2.05) is 31.2 Å². The van der Waals surface area contributed by atoms with Crippen molar-refractivity contribution in [1.29, 1.82) is 0 Å². The Kier molecular flexibility index (Phi) is 6.33. The second-order valence-corrected chi connectivity index (χ2v) is 5.32. The molecule has 1 N–H and O–H groups in total. The normalized spacial score (nSPS) is 10.2. The molecule has 2 rings (SSSR count). The molecule has 0 aliphatic rings. The van der Waals surface area contributed by atoms with Gasteiger partial charge in [0, 0.05) is 19.8 Å². The highest BCUT2D eigenvalue weighted by Crippen LogP contribution is 2.13. The number of rotatable bonds is 7. The minimum atomic E-state index is -0.829. The number of benzene rings is 1. The molecular weight excluding hydrogens is 324 g/mol. The van der Waals surface area contributed by atoms with E-state index in [0.717, 1.165) is 11.3 Å². The third-order valence-electron chi connectivity index (χ3n) is 3.44. The Bertz CT molecular complexity index is 783. The maximum Gasteiger partial charge on any atom is 0.344 e. The first-order valence-corrected chi connectivity index (χ1v) is 7.81. The van der Waals surface area contributed by atoms with Gasteiger partial charge < -0.3 is 19.4 Å². The van der Waals surface area contributed by atoms with Gasteiger partial charge in [-0.05, 0) is 36.8 Å². The van der Waals surface area contributed by atoms with Crippen molar-refractivity contribution in [2.24, 2.45) is 0 Å². The number of amides is 1. The minimum Gasteiger partial charge on any atom is -0.494 e. The minimum absolute atomic E-state index is 0.135. The zero-order valence-corrected chi connectivity index (χ0v) is 14.2. The van der Waals surface area contributed by atoms with Gasteiger partial charge in [-0.25, -0.2) is 4.79 Å². The number of esters is 1. The monoisotopic (exact) mass is 344 g/mol. The molecule has 0 bridgehead atoms. The van der Waals surface area contributed by atoms with Gasteiger partial charge in [-0.15, -0.1) is 0 Å². The number of pyridine rings is 1. The van der Waals surface area contributed by atoms with Gasteiger partial charge in [-0.2, -0.15) is 0 Å². The van der Waals surface area contributed by atoms with E-state index in [4.69, 9.17) is 9.47 Å². The zero-order valence-electron chi connectivity index (χ0n) is 14.2. The molecule has 0 fully saturated rings. The topological polar surface area (TPSA) is 88.7 Å². The molecule has 7 heteroatoms. The van der Waals surface area contributed by atoms with Gasteiger partial charge in [0.2, 0.25) is 0 Å². The summed E-state index contributed by atoms with van der Waals surface area (Å²) in [5.41, 5.74) is 0.234. The number of carbonyl (C=O) groups excluding carboxylic acids is 2. The highest BCUT2D eigenvalue weighted by atomic mass is 16.5. The van der Waals surface area contributed by atoms with Crippen LogP contribution in [0.15, 0.2) is 47.4 Å². The Balaban J connectivity index is 1.86. The number of aromatic nitrogens is 1. The fraction of sp³-hybridized carbons (Fsp3) is 0.278. The molecule has 7 nitrogen and oxygen atoms in total. The van der Waals surface area contributed by atoms with Crippen molar-refractivity contribution in [3.63, 3.8) is 0 Å². The van der Waals surface area contributed by atoms with Gasteiger partial charge in [0.05, 0.1) is 6.61 Å². The molecule has 0 aliphatic carbocycles. The Labute approximate surface area is 145 Å². The highest BCUT2D eigenvalue weighted by Gasteiger charge is 2.15. The van der Waals surface area contributed by atoms with E-state index in [0.29, 0.717) is 13.2 Å². The van der Waals surface area contributed by atoms with E-state index in [2.05, 4.69) is 4.98 Å². The van der Waals surface area contributed by atoms with Crippen LogP contribution in [0.2, 0.25) is 0 Å². The van der Waals surface area contributed by atoms with Crippen LogP contribution in [0.25, 0.3) is 0 Å². The van der Waals surface area contributed by atoms with Gasteiger partial charge in [0.25, 0.3) is 11.5 Å². The summed E-state index contributed by atoms with van der Waals surface area (Å²) in [4.78, 5) is 39.2. The van der Waals surface area contributed by atoms with E-state index in [1.165, 1.54) is 23.2 Å². The van der Waals surface area contributed by atoms with Gasteiger partial charge in [0.15, 0.2) is 6.61 Å². The third kappa shape index (κ3) is 5.20. The lowest BCUT2D eigenvalue weighted by Crippen LogP contribution is -2.31. The van der Waals surface area contributed by atoms with Crippen LogP contribution in [0.1, 0.15) is 22.8 Å². The summed E-state index contributed by atoms with van der Waals surface area (Å²) in [5, 5.41) is 0.